The maximum Gasteiger partial charge on any atom is 0.221 e. The number of benzene rings is 2. The Labute approximate surface area is 138 Å². The summed E-state index contributed by atoms with van der Waals surface area (Å²) in [5, 5.41) is 30.3. The van der Waals surface area contributed by atoms with Crippen LogP contribution in [0.15, 0.2) is 58.8 Å². The van der Waals surface area contributed by atoms with Gasteiger partial charge in [-0.3, -0.25) is 0 Å². The van der Waals surface area contributed by atoms with E-state index < -0.39 is 5.97 Å². The molecule has 0 radical (unpaired) electrons. The van der Waals surface area contributed by atoms with Crippen molar-refractivity contribution in [3.05, 3.63) is 54.1 Å². The minimum Gasteiger partial charge on any atom is -0.545 e. The highest BCUT2D eigenvalue weighted by molar-refractivity contribution is 5.95. The molecule has 6 nitrogen and oxygen atoms in total. The molecule has 6 heteroatoms. The average molecular weight is 322 g/mol. The summed E-state index contributed by atoms with van der Waals surface area (Å²) in [6.07, 6.45) is 0. The minimum atomic E-state index is -1.24. The van der Waals surface area contributed by atoms with E-state index >= 15 is 0 Å². The molecule has 0 aliphatic heterocycles. The fraction of sp³-hybridized carbons (Fsp3) is 0.167. The molecule has 122 valence electrons. The first-order valence-electron chi connectivity index (χ1n) is 7.54. The second kappa shape index (κ2) is 6.16. The maximum atomic E-state index is 10.7. The van der Waals surface area contributed by atoms with Gasteiger partial charge in [-0.2, -0.15) is 5.11 Å². The van der Waals surface area contributed by atoms with Crippen LogP contribution in [0.5, 0.6) is 5.88 Å². The van der Waals surface area contributed by atoms with Crippen LogP contribution < -0.4 is 5.11 Å². The van der Waals surface area contributed by atoms with E-state index in [2.05, 4.69) is 10.2 Å². The van der Waals surface area contributed by atoms with Gasteiger partial charge < -0.3 is 19.6 Å². The van der Waals surface area contributed by atoms with Crippen molar-refractivity contribution >= 4 is 28.2 Å². The number of hydrogen-bond donors (Lipinski definition) is 1. The molecule has 0 unspecified atom stereocenters. The number of nitrogens with zero attached hydrogens (tertiary/aromatic N) is 3. The van der Waals surface area contributed by atoms with Crippen molar-refractivity contribution in [2.75, 3.05) is 0 Å². The van der Waals surface area contributed by atoms with Gasteiger partial charge in [0.05, 0.1) is 17.2 Å². The van der Waals surface area contributed by atoms with Gasteiger partial charge in [-0.25, -0.2) is 0 Å². The third-order valence-electron chi connectivity index (χ3n) is 3.74. The fourth-order valence-electron chi connectivity index (χ4n) is 2.63. The lowest BCUT2D eigenvalue weighted by Gasteiger charge is -2.10. The normalized spacial score (nSPS) is 11.6. The van der Waals surface area contributed by atoms with Crippen LogP contribution in [0.4, 0.5) is 11.4 Å². The van der Waals surface area contributed by atoms with E-state index in [9.17, 15) is 15.0 Å². The standard InChI is InChI=1S/C18H17N3O3/c1-11(2)21-15-6-4-3-5-14(15)16(17(21)22)20-19-13-9-7-12(8-10-13)18(23)24/h3-11,22H,1-2H3,(H,23,24)/p-1. The molecule has 2 aromatic carbocycles. The summed E-state index contributed by atoms with van der Waals surface area (Å²) in [5.74, 6) is -1.18. The molecule has 0 bridgehead atoms. The van der Waals surface area contributed by atoms with Gasteiger partial charge in [-0.15, -0.1) is 5.11 Å². The van der Waals surface area contributed by atoms with Crippen LogP contribution in [-0.2, 0) is 0 Å². The molecular weight excluding hydrogens is 306 g/mol. The quantitative estimate of drug-likeness (QED) is 0.742. The number of fused-ring (bicyclic) bond motifs is 1. The molecule has 0 saturated heterocycles. The Morgan fingerprint density at radius 2 is 1.75 bits per heavy atom. The summed E-state index contributed by atoms with van der Waals surface area (Å²) in [4.78, 5) is 10.7. The zero-order chi connectivity index (χ0) is 17.3. The van der Waals surface area contributed by atoms with E-state index in [1.165, 1.54) is 24.3 Å². The monoisotopic (exact) mass is 322 g/mol. The number of para-hydroxylation sites is 1. The Balaban J connectivity index is 2.03. The predicted octanol–water partition coefficient (Wildman–Crippen LogP) is 3.71. The molecule has 0 atom stereocenters. The van der Waals surface area contributed by atoms with Crippen molar-refractivity contribution in [1.82, 2.24) is 4.57 Å². The first-order valence-corrected chi connectivity index (χ1v) is 7.54. The second-order valence-corrected chi connectivity index (χ2v) is 5.69. The van der Waals surface area contributed by atoms with Gasteiger partial charge in [0.2, 0.25) is 5.88 Å². The number of rotatable bonds is 4. The lowest BCUT2D eigenvalue weighted by molar-refractivity contribution is -0.255. The minimum absolute atomic E-state index is 0.0568. The lowest BCUT2D eigenvalue weighted by atomic mass is 10.2. The first kappa shape index (κ1) is 15.7. The van der Waals surface area contributed by atoms with Crippen LogP contribution in [0.1, 0.15) is 30.2 Å². The Morgan fingerprint density at radius 1 is 1.08 bits per heavy atom. The van der Waals surface area contributed by atoms with Crippen LogP contribution in [0.25, 0.3) is 10.9 Å². The number of carboxylic acids is 1. The van der Waals surface area contributed by atoms with Gasteiger partial charge in [0, 0.05) is 11.4 Å². The van der Waals surface area contributed by atoms with E-state index in [1.54, 1.807) is 4.57 Å². The topological polar surface area (TPSA) is 90.0 Å². The molecule has 1 aromatic heterocycles. The molecule has 0 fully saturated rings. The number of azo groups is 1. The third-order valence-corrected chi connectivity index (χ3v) is 3.74. The Bertz CT molecular complexity index is 925. The number of carbonyl (C=O) groups is 1. The summed E-state index contributed by atoms with van der Waals surface area (Å²) in [6.45, 7) is 3.96. The molecule has 3 rings (SSSR count). The maximum absolute atomic E-state index is 10.7. The van der Waals surface area contributed by atoms with Gasteiger partial charge in [0.25, 0.3) is 0 Å². The number of aromatic hydroxyl groups is 1. The number of carboxylic acid groups (broad SMARTS) is 1. The second-order valence-electron chi connectivity index (χ2n) is 5.69. The average Bonchev–Trinajstić information content (AvgIpc) is 2.85. The fourth-order valence-corrected chi connectivity index (χ4v) is 2.63. The molecule has 1 heterocycles. The number of aromatic carboxylic acids is 1. The van der Waals surface area contributed by atoms with Gasteiger partial charge in [-0.1, -0.05) is 30.3 Å². The van der Waals surface area contributed by atoms with E-state index in [0.717, 1.165) is 10.9 Å². The summed E-state index contributed by atoms with van der Waals surface area (Å²) in [5.41, 5.74) is 1.84. The number of aromatic nitrogens is 1. The van der Waals surface area contributed by atoms with E-state index in [0.29, 0.717) is 11.4 Å². The van der Waals surface area contributed by atoms with Crippen LogP contribution in [-0.4, -0.2) is 15.6 Å². The van der Waals surface area contributed by atoms with Gasteiger partial charge in [0.1, 0.15) is 0 Å². The summed E-state index contributed by atoms with van der Waals surface area (Å²) >= 11 is 0. The van der Waals surface area contributed by atoms with Crippen molar-refractivity contribution in [1.29, 1.82) is 0 Å². The lowest BCUT2D eigenvalue weighted by Crippen LogP contribution is -2.21. The van der Waals surface area contributed by atoms with Gasteiger partial charge >= 0.3 is 0 Å². The summed E-state index contributed by atoms with van der Waals surface area (Å²) in [7, 11) is 0. The van der Waals surface area contributed by atoms with Crippen LogP contribution >= 0.6 is 0 Å². The largest absolute Gasteiger partial charge is 0.545 e. The smallest absolute Gasteiger partial charge is 0.221 e. The summed E-state index contributed by atoms with van der Waals surface area (Å²) in [6, 6.07) is 13.5. The first-order chi connectivity index (χ1) is 11.5. The zero-order valence-electron chi connectivity index (χ0n) is 13.3. The van der Waals surface area contributed by atoms with Crippen molar-refractivity contribution in [2.24, 2.45) is 10.2 Å². The van der Waals surface area contributed by atoms with Gasteiger partial charge in [0.15, 0.2) is 5.69 Å². The molecule has 3 aromatic rings. The van der Waals surface area contributed by atoms with E-state index in [4.69, 9.17) is 0 Å². The third kappa shape index (κ3) is 2.74. The van der Waals surface area contributed by atoms with Crippen molar-refractivity contribution in [2.45, 2.75) is 19.9 Å². The number of carbonyl (C=O) groups excluding carboxylic acids is 1. The van der Waals surface area contributed by atoms with Crippen molar-refractivity contribution in [3.8, 4) is 5.88 Å². The Kier molecular flexibility index (Phi) is 4.04. The van der Waals surface area contributed by atoms with Crippen molar-refractivity contribution < 1.29 is 15.0 Å². The summed E-state index contributed by atoms with van der Waals surface area (Å²) < 4.78 is 1.79. The molecular formula is C18H16N3O3-. The molecule has 1 N–H and O–H groups in total. The molecule has 0 aliphatic carbocycles. The van der Waals surface area contributed by atoms with Crippen LogP contribution in [0.3, 0.4) is 0 Å². The van der Waals surface area contributed by atoms with E-state index in [-0.39, 0.29) is 17.5 Å². The highest BCUT2D eigenvalue weighted by Gasteiger charge is 2.17. The van der Waals surface area contributed by atoms with Crippen LogP contribution in [0, 0.1) is 0 Å². The SMILES string of the molecule is CC(C)n1c(O)c(N=Nc2ccc(C(=O)[O-])cc2)c2ccccc21. The highest BCUT2D eigenvalue weighted by Crippen LogP contribution is 2.41. The van der Waals surface area contributed by atoms with E-state index in [1.807, 2.05) is 38.1 Å². The Hall–Kier alpha value is -3.15. The highest BCUT2D eigenvalue weighted by atomic mass is 16.4. The predicted molar refractivity (Wildman–Crippen MR) is 88.9 cm³/mol. The van der Waals surface area contributed by atoms with Gasteiger partial charge in [-0.05, 0) is 37.6 Å². The zero-order valence-corrected chi connectivity index (χ0v) is 13.3. The molecule has 0 spiro atoms. The number of hydrogen-bond acceptors (Lipinski definition) is 5. The van der Waals surface area contributed by atoms with Crippen molar-refractivity contribution in [3.63, 3.8) is 0 Å². The molecule has 0 aliphatic rings. The molecule has 0 saturated carbocycles. The van der Waals surface area contributed by atoms with Crippen LogP contribution in [0.2, 0.25) is 0 Å². The molecule has 24 heavy (non-hydrogen) atoms. The molecule has 0 amide bonds. The Morgan fingerprint density at radius 3 is 2.38 bits per heavy atom.